The molecule has 2 aromatic rings. The van der Waals surface area contributed by atoms with Crippen molar-refractivity contribution in [1.82, 2.24) is 0 Å². The van der Waals surface area contributed by atoms with E-state index < -0.39 is 12.6 Å². The number of allylic oxidation sites excluding steroid dienone is 1. The summed E-state index contributed by atoms with van der Waals surface area (Å²) in [5.41, 5.74) is 1.06. The van der Waals surface area contributed by atoms with Crippen molar-refractivity contribution in [3.8, 4) is 23.0 Å². The Morgan fingerprint density at radius 3 is 2.72 bits per heavy atom. The van der Waals surface area contributed by atoms with Gasteiger partial charge in [0, 0.05) is 12.0 Å². The second kappa shape index (κ2) is 9.34. The Bertz CT molecular complexity index is 952. The maximum atomic E-state index is 12.5. The molecular formula is C21H19ClO7. The smallest absolute Gasteiger partial charge is 0.341 e. The van der Waals surface area contributed by atoms with Gasteiger partial charge in [-0.3, -0.25) is 4.79 Å². The molecule has 0 radical (unpaired) electrons. The van der Waals surface area contributed by atoms with Crippen LogP contribution in [0.5, 0.6) is 23.0 Å². The molecule has 1 heterocycles. The molecule has 29 heavy (non-hydrogen) atoms. The highest BCUT2D eigenvalue weighted by atomic mass is 35.5. The SMILES string of the molecule is COc1cc(C(=O)/C=C/c2cc(Cl)c3c(c2)OCCCO3)ccc1OCC(=O)O. The molecule has 0 saturated heterocycles. The number of rotatable bonds is 7. The van der Waals surface area contributed by atoms with Crippen molar-refractivity contribution in [2.75, 3.05) is 26.9 Å². The molecule has 8 heteroatoms. The first kappa shape index (κ1) is 20.5. The van der Waals surface area contributed by atoms with Crippen molar-refractivity contribution in [2.45, 2.75) is 6.42 Å². The Labute approximate surface area is 172 Å². The quantitative estimate of drug-likeness (QED) is 0.539. The zero-order chi connectivity index (χ0) is 20.8. The molecule has 0 aromatic heterocycles. The van der Waals surface area contributed by atoms with Crippen LogP contribution in [0, 0.1) is 0 Å². The van der Waals surface area contributed by atoms with Crippen molar-refractivity contribution in [2.24, 2.45) is 0 Å². The topological polar surface area (TPSA) is 91.3 Å². The van der Waals surface area contributed by atoms with E-state index in [4.69, 9.17) is 35.7 Å². The molecule has 0 fully saturated rings. The molecule has 0 atom stereocenters. The summed E-state index contributed by atoms with van der Waals surface area (Å²) in [5.74, 6) is 0.188. The van der Waals surface area contributed by atoms with Crippen molar-refractivity contribution < 1.29 is 33.6 Å². The summed E-state index contributed by atoms with van der Waals surface area (Å²) < 4.78 is 21.5. The molecule has 0 unspecified atom stereocenters. The van der Waals surface area contributed by atoms with E-state index in [1.807, 2.05) is 0 Å². The third-order valence-electron chi connectivity index (χ3n) is 4.05. The van der Waals surface area contributed by atoms with Gasteiger partial charge in [-0.1, -0.05) is 17.7 Å². The molecule has 0 bridgehead atoms. The number of carboxylic acids is 1. The number of aliphatic carboxylic acids is 1. The van der Waals surface area contributed by atoms with E-state index in [0.717, 1.165) is 6.42 Å². The fraction of sp³-hybridized carbons (Fsp3) is 0.238. The Hall–Kier alpha value is -3.19. The molecule has 0 spiro atoms. The van der Waals surface area contributed by atoms with Gasteiger partial charge in [-0.15, -0.1) is 0 Å². The number of carbonyl (C=O) groups is 2. The van der Waals surface area contributed by atoms with Crippen molar-refractivity contribution >= 4 is 29.4 Å². The summed E-state index contributed by atoms with van der Waals surface area (Å²) in [6.45, 7) is 0.564. The number of hydrogen-bond donors (Lipinski definition) is 1. The average molecular weight is 419 g/mol. The van der Waals surface area contributed by atoms with E-state index in [2.05, 4.69) is 0 Å². The largest absolute Gasteiger partial charge is 0.493 e. The summed E-state index contributed by atoms with van der Waals surface area (Å²) in [6.07, 6.45) is 3.80. The Morgan fingerprint density at radius 2 is 1.97 bits per heavy atom. The summed E-state index contributed by atoms with van der Waals surface area (Å²) >= 11 is 6.27. The van der Waals surface area contributed by atoms with Gasteiger partial charge in [0.15, 0.2) is 35.4 Å². The number of hydrogen-bond acceptors (Lipinski definition) is 6. The number of carboxylic acid groups (broad SMARTS) is 1. The molecule has 0 saturated carbocycles. The Balaban J connectivity index is 1.77. The van der Waals surface area contributed by atoms with Crippen LogP contribution in [-0.4, -0.2) is 43.8 Å². The van der Waals surface area contributed by atoms with Crippen LogP contribution in [-0.2, 0) is 4.79 Å². The molecular weight excluding hydrogens is 400 g/mol. The minimum absolute atomic E-state index is 0.241. The Kier molecular flexibility index (Phi) is 6.61. The van der Waals surface area contributed by atoms with Gasteiger partial charge in [-0.2, -0.15) is 0 Å². The number of methoxy groups -OCH3 is 1. The molecule has 7 nitrogen and oxygen atoms in total. The maximum Gasteiger partial charge on any atom is 0.341 e. The summed E-state index contributed by atoms with van der Waals surface area (Å²) in [7, 11) is 1.41. The van der Waals surface area contributed by atoms with Crippen LogP contribution in [0.25, 0.3) is 6.08 Å². The fourth-order valence-corrected chi connectivity index (χ4v) is 2.97. The van der Waals surface area contributed by atoms with Gasteiger partial charge < -0.3 is 24.1 Å². The molecule has 1 N–H and O–H groups in total. The van der Waals surface area contributed by atoms with Gasteiger partial charge in [-0.25, -0.2) is 4.79 Å². The first-order chi connectivity index (χ1) is 14.0. The number of carbonyl (C=O) groups excluding carboxylic acids is 1. The van der Waals surface area contributed by atoms with Crippen molar-refractivity contribution in [3.63, 3.8) is 0 Å². The first-order valence-electron chi connectivity index (χ1n) is 8.82. The van der Waals surface area contributed by atoms with Gasteiger partial charge >= 0.3 is 5.97 Å². The Morgan fingerprint density at radius 1 is 1.17 bits per heavy atom. The summed E-state index contributed by atoms with van der Waals surface area (Å²) in [4.78, 5) is 23.2. The predicted octanol–water partition coefficient (Wildman–Crippen LogP) is 3.87. The predicted molar refractivity (Wildman–Crippen MR) is 107 cm³/mol. The highest BCUT2D eigenvalue weighted by Gasteiger charge is 2.15. The minimum Gasteiger partial charge on any atom is -0.493 e. The van der Waals surface area contributed by atoms with E-state index in [1.54, 1.807) is 18.2 Å². The zero-order valence-corrected chi connectivity index (χ0v) is 16.4. The molecule has 3 rings (SSSR count). The molecule has 1 aliphatic heterocycles. The van der Waals surface area contributed by atoms with Gasteiger partial charge in [0.25, 0.3) is 0 Å². The van der Waals surface area contributed by atoms with Crippen molar-refractivity contribution in [1.29, 1.82) is 0 Å². The summed E-state index contributed by atoms with van der Waals surface area (Å²) in [5, 5.41) is 9.13. The van der Waals surface area contributed by atoms with E-state index in [9.17, 15) is 9.59 Å². The number of fused-ring (bicyclic) bond motifs is 1. The number of halogens is 1. The number of ketones is 1. The molecule has 1 aliphatic rings. The van der Waals surface area contributed by atoms with Gasteiger partial charge in [0.1, 0.15) is 0 Å². The van der Waals surface area contributed by atoms with Gasteiger partial charge in [0.05, 0.1) is 25.3 Å². The van der Waals surface area contributed by atoms with Crippen molar-refractivity contribution in [3.05, 3.63) is 52.6 Å². The van der Waals surface area contributed by atoms with E-state index in [1.165, 1.54) is 31.4 Å². The number of benzene rings is 2. The van der Waals surface area contributed by atoms with Crippen LogP contribution >= 0.6 is 11.6 Å². The van der Waals surface area contributed by atoms with Crippen LogP contribution in [0.15, 0.2) is 36.4 Å². The lowest BCUT2D eigenvalue weighted by atomic mass is 10.1. The third-order valence-corrected chi connectivity index (χ3v) is 4.33. The highest BCUT2D eigenvalue weighted by Crippen LogP contribution is 2.38. The lowest BCUT2D eigenvalue weighted by Gasteiger charge is -2.10. The second-order valence-electron chi connectivity index (χ2n) is 6.13. The van der Waals surface area contributed by atoms with E-state index in [0.29, 0.717) is 40.9 Å². The van der Waals surface area contributed by atoms with Crippen LogP contribution < -0.4 is 18.9 Å². The number of ether oxygens (including phenoxy) is 4. The molecule has 152 valence electrons. The fourth-order valence-electron chi connectivity index (χ4n) is 2.69. The van der Waals surface area contributed by atoms with E-state index in [-0.39, 0.29) is 17.3 Å². The molecule has 0 aliphatic carbocycles. The van der Waals surface area contributed by atoms with Crippen LogP contribution in [0.2, 0.25) is 5.02 Å². The van der Waals surface area contributed by atoms with Crippen LogP contribution in [0.4, 0.5) is 0 Å². The molecule has 2 aromatic carbocycles. The third kappa shape index (κ3) is 5.20. The maximum absolute atomic E-state index is 12.5. The second-order valence-corrected chi connectivity index (χ2v) is 6.53. The van der Waals surface area contributed by atoms with Gasteiger partial charge in [-0.05, 0) is 42.0 Å². The van der Waals surface area contributed by atoms with Crippen LogP contribution in [0.1, 0.15) is 22.3 Å². The van der Waals surface area contributed by atoms with Gasteiger partial charge in [0.2, 0.25) is 0 Å². The highest BCUT2D eigenvalue weighted by molar-refractivity contribution is 6.32. The molecule has 0 amide bonds. The monoisotopic (exact) mass is 418 g/mol. The lowest BCUT2D eigenvalue weighted by Crippen LogP contribution is -2.10. The zero-order valence-electron chi connectivity index (χ0n) is 15.6. The summed E-state index contributed by atoms with van der Waals surface area (Å²) in [6, 6.07) is 7.98. The first-order valence-corrected chi connectivity index (χ1v) is 9.20. The van der Waals surface area contributed by atoms with Crippen LogP contribution in [0.3, 0.4) is 0 Å². The normalized spacial score (nSPS) is 13.0. The minimum atomic E-state index is -1.11. The average Bonchev–Trinajstić information content (AvgIpc) is 2.96. The standard InChI is InChI=1S/C21H19ClO7/c1-26-18-11-14(4-6-17(18)29-12-20(24)25)16(23)5-3-13-9-15(22)21-19(10-13)27-7-2-8-28-21/h3-6,9-11H,2,7-8,12H2,1H3,(H,24,25)/b5-3+. The van der Waals surface area contributed by atoms with E-state index >= 15 is 0 Å². The lowest BCUT2D eigenvalue weighted by molar-refractivity contribution is -0.139.